The molecule has 0 fully saturated rings. The molecule has 5 nitrogen and oxygen atoms in total. The standard InChI is InChI=1S/C12H21NO4S/c1-9(2)12(13-18(5,15)16)10(3)7-6-8-11(14)17-4/h9-10,12-13H,8H2,1-5H3/t10-,12-/m0/s1. The van der Waals surface area contributed by atoms with E-state index in [1.54, 1.807) is 0 Å². The molecule has 0 heterocycles. The van der Waals surface area contributed by atoms with Crippen molar-refractivity contribution in [3.05, 3.63) is 0 Å². The van der Waals surface area contributed by atoms with Crippen molar-refractivity contribution in [2.24, 2.45) is 11.8 Å². The molecular weight excluding hydrogens is 254 g/mol. The topological polar surface area (TPSA) is 72.5 Å². The van der Waals surface area contributed by atoms with Crippen LogP contribution in [0.2, 0.25) is 0 Å². The van der Waals surface area contributed by atoms with E-state index in [4.69, 9.17) is 0 Å². The number of rotatable bonds is 5. The molecule has 0 aliphatic heterocycles. The minimum atomic E-state index is -3.27. The molecule has 0 aliphatic carbocycles. The Hall–Kier alpha value is -1.06. The maximum absolute atomic E-state index is 11.2. The van der Waals surface area contributed by atoms with Gasteiger partial charge >= 0.3 is 5.97 Å². The van der Waals surface area contributed by atoms with Gasteiger partial charge in [0.05, 0.1) is 13.4 Å². The summed E-state index contributed by atoms with van der Waals surface area (Å²) in [5.41, 5.74) is 0. The predicted octanol–water partition coefficient (Wildman–Crippen LogP) is 0.763. The van der Waals surface area contributed by atoms with Crippen LogP contribution in [0.3, 0.4) is 0 Å². The van der Waals surface area contributed by atoms with Gasteiger partial charge in [-0.3, -0.25) is 4.79 Å². The first kappa shape index (κ1) is 16.9. The van der Waals surface area contributed by atoms with Crippen LogP contribution in [0.5, 0.6) is 0 Å². The van der Waals surface area contributed by atoms with E-state index in [0.717, 1.165) is 6.26 Å². The number of carbonyl (C=O) groups is 1. The SMILES string of the molecule is COC(=O)CC#C[C@H](C)[C@@H](NS(C)(=O)=O)C(C)C. The Labute approximate surface area is 109 Å². The van der Waals surface area contributed by atoms with Crippen molar-refractivity contribution >= 4 is 16.0 Å². The van der Waals surface area contributed by atoms with Crippen LogP contribution in [0.15, 0.2) is 0 Å². The molecule has 0 radical (unpaired) electrons. The Morgan fingerprint density at radius 2 is 1.89 bits per heavy atom. The van der Waals surface area contributed by atoms with Gasteiger partial charge in [0.15, 0.2) is 0 Å². The molecule has 0 rings (SSSR count). The highest BCUT2D eigenvalue weighted by molar-refractivity contribution is 7.88. The molecule has 0 aromatic rings. The fourth-order valence-corrected chi connectivity index (χ4v) is 2.48. The molecular formula is C12H21NO4S. The van der Waals surface area contributed by atoms with Crippen LogP contribution in [0.25, 0.3) is 0 Å². The van der Waals surface area contributed by atoms with E-state index in [1.807, 2.05) is 20.8 Å². The smallest absolute Gasteiger partial charge is 0.317 e. The van der Waals surface area contributed by atoms with Gasteiger partial charge in [0.1, 0.15) is 6.42 Å². The normalized spacial score (nSPS) is 14.6. The van der Waals surface area contributed by atoms with E-state index in [9.17, 15) is 13.2 Å². The summed E-state index contributed by atoms with van der Waals surface area (Å²) in [6, 6.07) is -0.273. The molecule has 18 heavy (non-hydrogen) atoms. The fourth-order valence-electron chi connectivity index (χ4n) is 1.51. The van der Waals surface area contributed by atoms with Crippen LogP contribution in [0.1, 0.15) is 27.2 Å². The van der Waals surface area contributed by atoms with Crippen LogP contribution in [0.4, 0.5) is 0 Å². The molecule has 0 aliphatic rings. The largest absolute Gasteiger partial charge is 0.468 e. The van der Waals surface area contributed by atoms with Gasteiger partial charge in [-0.2, -0.15) is 0 Å². The third-order valence-corrected chi connectivity index (χ3v) is 3.10. The second-order valence-electron chi connectivity index (χ2n) is 4.52. The lowest BCUT2D eigenvalue weighted by Crippen LogP contribution is -2.42. The van der Waals surface area contributed by atoms with Gasteiger partial charge in [0, 0.05) is 12.0 Å². The van der Waals surface area contributed by atoms with Gasteiger partial charge in [-0.1, -0.05) is 25.7 Å². The molecule has 2 atom stereocenters. The summed E-state index contributed by atoms with van der Waals surface area (Å²) in [5, 5.41) is 0. The zero-order valence-electron chi connectivity index (χ0n) is 11.5. The number of carbonyl (C=O) groups excluding carboxylic acids is 1. The summed E-state index contributed by atoms with van der Waals surface area (Å²) >= 11 is 0. The van der Waals surface area contributed by atoms with Crippen molar-refractivity contribution in [2.45, 2.75) is 33.2 Å². The number of sulfonamides is 1. The van der Waals surface area contributed by atoms with Gasteiger partial charge in [-0.25, -0.2) is 13.1 Å². The first-order valence-corrected chi connectivity index (χ1v) is 7.59. The number of nitrogens with one attached hydrogen (secondary N) is 1. The average molecular weight is 275 g/mol. The molecule has 0 unspecified atom stereocenters. The minimum absolute atomic E-state index is 0.0184. The van der Waals surface area contributed by atoms with Crippen molar-refractivity contribution in [3.8, 4) is 11.8 Å². The first-order valence-electron chi connectivity index (χ1n) is 5.70. The zero-order chi connectivity index (χ0) is 14.3. The Balaban J connectivity index is 4.68. The average Bonchev–Trinajstić information content (AvgIpc) is 2.23. The van der Waals surface area contributed by atoms with Gasteiger partial charge < -0.3 is 4.74 Å². The summed E-state index contributed by atoms with van der Waals surface area (Å²) in [7, 11) is -1.97. The van der Waals surface area contributed by atoms with Crippen molar-refractivity contribution in [1.29, 1.82) is 0 Å². The van der Waals surface area contributed by atoms with Gasteiger partial charge in [-0.15, -0.1) is 0 Å². The lowest BCUT2D eigenvalue weighted by Gasteiger charge is -2.24. The molecule has 0 amide bonds. The predicted molar refractivity (Wildman–Crippen MR) is 70.2 cm³/mol. The second kappa shape index (κ2) is 7.39. The summed E-state index contributed by atoms with van der Waals surface area (Å²) < 4.78 is 29.5. The molecule has 104 valence electrons. The van der Waals surface area contributed by atoms with Crippen LogP contribution in [-0.4, -0.2) is 33.8 Å². The van der Waals surface area contributed by atoms with Crippen molar-refractivity contribution < 1.29 is 17.9 Å². The zero-order valence-corrected chi connectivity index (χ0v) is 12.3. The Morgan fingerprint density at radius 1 is 1.33 bits per heavy atom. The third kappa shape index (κ3) is 7.30. The lowest BCUT2D eigenvalue weighted by molar-refractivity contribution is -0.139. The number of hydrogen-bond acceptors (Lipinski definition) is 4. The highest BCUT2D eigenvalue weighted by atomic mass is 32.2. The number of methoxy groups -OCH3 is 1. The van der Waals surface area contributed by atoms with Crippen LogP contribution < -0.4 is 4.72 Å². The fraction of sp³-hybridized carbons (Fsp3) is 0.750. The van der Waals surface area contributed by atoms with Crippen LogP contribution in [-0.2, 0) is 19.6 Å². The number of esters is 1. The molecule has 1 N–H and O–H groups in total. The van der Waals surface area contributed by atoms with E-state index in [0.29, 0.717) is 0 Å². The molecule has 0 bridgehead atoms. The van der Waals surface area contributed by atoms with Crippen molar-refractivity contribution in [1.82, 2.24) is 4.72 Å². The first-order chi connectivity index (χ1) is 8.17. The molecule has 0 spiro atoms. The van der Waals surface area contributed by atoms with Crippen molar-refractivity contribution in [3.63, 3.8) is 0 Å². The lowest BCUT2D eigenvalue weighted by atomic mass is 9.93. The van der Waals surface area contributed by atoms with E-state index in [1.165, 1.54) is 7.11 Å². The highest BCUT2D eigenvalue weighted by Crippen LogP contribution is 2.12. The maximum atomic E-state index is 11.2. The Bertz CT molecular complexity index is 431. The Kier molecular flexibility index (Phi) is 6.96. The summed E-state index contributed by atoms with van der Waals surface area (Å²) in [5.74, 6) is 5.11. The monoisotopic (exact) mass is 275 g/mol. The molecule has 0 saturated carbocycles. The quantitative estimate of drug-likeness (QED) is 0.594. The summed E-state index contributed by atoms with van der Waals surface area (Å²) in [6.45, 7) is 5.66. The van der Waals surface area contributed by atoms with Gasteiger partial charge in [-0.05, 0) is 12.8 Å². The van der Waals surface area contributed by atoms with E-state index in [-0.39, 0.29) is 24.3 Å². The summed E-state index contributed by atoms with van der Waals surface area (Å²) in [6.07, 6.45) is 1.14. The van der Waals surface area contributed by atoms with E-state index >= 15 is 0 Å². The van der Waals surface area contributed by atoms with Crippen LogP contribution in [0, 0.1) is 23.7 Å². The summed E-state index contributed by atoms with van der Waals surface area (Å²) in [4.78, 5) is 10.9. The van der Waals surface area contributed by atoms with E-state index in [2.05, 4.69) is 21.3 Å². The van der Waals surface area contributed by atoms with Gasteiger partial charge in [0.2, 0.25) is 10.0 Å². The van der Waals surface area contributed by atoms with Crippen LogP contribution >= 0.6 is 0 Å². The van der Waals surface area contributed by atoms with Gasteiger partial charge in [0.25, 0.3) is 0 Å². The Morgan fingerprint density at radius 3 is 2.28 bits per heavy atom. The third-order valence-electron chi connectivity index (χ3n) is 2.40. The number of ether oxygens (including phenoxy) is 1. The van der Waals surface area contributed by atoms with Crippen molar-refractivity contribution in [2.75, 3.05) is 13.4 Å². The molecule has 0 saturated heterocycles. The molecule has 6 heteroatoms. The van der Waals surface area contributed by atoms with E-state index < -0.39 is 16.0 Å². The second-order valence-corrected chi connectivity index (χ2v) is 6.30. The number of hydrogen-bond donors (Lipinski definition) is 1. The highest BCUT2D eigenvalue weighted by Gasteiger charge is 2.22. The minimum Gasteiger partial charge on any atom is -0.468 e. The molecule has 0 aromatic heterocycles. The maximum Gasteiger partial charge on any atom is 0.317 e. The molecule has 0 aromatic carbocycles.